The molecule has 1 N–H and O–H groups in total. The van der Waals surface area contributed by atoms with Crippen molar-refractivity contribution in [2.75, 3.05) is 5.32 Å². The molecule has 0 aliphatic rings. The molecule has 2 aromatic carbocycles. The van der Waals surface area contributed by atoms with Crippen molar-refractivity contribution in [2.24, 2.45) is 0 Å². The Kier molecular flexibility index (Phi) is 5.74. The number of aromatic nitrogens is 4. The van der Waals surface area contributed by atoms with Crippen LogP contribution >= 0.6 is 0 Å². The molecule has 0 saturated carbocycles. The lowest BCUT2D eigenvalue weighted by Gasteiger charge is -2.13. The molecule has 2 aromatic heterocycles. The van der Waals surface area contributed by atoms with Crippen LogP contribution in [0.15, 0.2) is 61.1 Å². The van der Waals surface area contributed by atoms with Gasteiger partial charge in [-0.3, -0.25) is 9.78 Å². The van der Waals surface area contributed by atoms with E-state index in [0.717, 1.165) is 5.56 Å². The van der Waals surface area contributed by atoms with Gasteiger partial charge in [-0.05, 0) is 36.8 Å². The van der Waals surface area contributed by atoms with Crippen LogP contribution < -0.4 is 10.1 Å². The molecule has 156 valence electrons. The van der Waals surface area contributed by atoms with Gasteiger partial charge in [0.25, 0.3) is 0 Å². The molecule has 4 rings (SSSR count). The summed E-state index contributed by atoms with van der Waals surface area (Å²) in [5.74, 6) is 0.834. The maximum Gasteiger partial charge on any atom is 0.387 e. The minimum absolute atomic E-state index is 0.0183. The van der Waals surface area contributed by atoms with Gasteiger partial charge in [0, 0.05) is 36.0 Å². The number of anilines is 2. The van der Waals surface area contributed by atoms with Gasteiger partial charge in [-0.25, -0.2) is 15.0 Å². The Labute approximate surface area is 176 Å². The second-order valence-electron chi connectivity index (χ2n) is 6.75. The Morgan fingerprint density at radius 2 is 2.00 bits per heavy atom. The Balaban J connectivity index is 1.81. The van der Waals surface area contributed by atoms with Gasteiger partial charge in [-0.1, -0.05) is 12.1 Å². The van der Waals surface area contributed by atoms with Crippen LogP contribution in [0.25, 0.3) is 22.4 Å². The fraction of sp³-hybridized carbons (Fsp3) is 0.136. The third-order valence-corrected chi connectivity index (χ3v) is 4.33. The minimum atomic E-state index is -2.92. The van der Waals surface area contributed by atoms with Crippen molar-refractivity contribution in [3.8, 4) is 17.3 Å². The summed E-state index contributed by atoms with van der Waals surface area (Å²) in [7, 11) is 0. The molecule has 0 aliphatic heterocycles. The van der Waals surface area contributed by atoms with E-state index in [1.165, 1.54) is 25.3 Å². The highest BCUT2D eigenvalue weighted by Gasteiger charge is 2.13. The van der Waals surface area contributed by atoms with Crippen LogP contribution in [0, 0.1) is 0 Å². The SMILES string of the molecule is CC(=O)Cc1ccc2nc(-c3cnccn3)nc(Nc3cccc(OC(F)F)c3)c2c1. The van der Waals surface area contributed by atoms with E-state index in [9.17, 15) is 13.6 Å². The second kappa shape index (κ2) is 8.78. The molecular weight excluding hydrogens is 404 g/mol. The number of hydrogen-bond acceptors (Lipinski definition) is 7. The van der Waals surface area contributed by atoms with E-state index in [-0.39, 0.29) is 18.0 Å². The topological polar surface area (TPSA) is 89.9 Å². The number of alkyl halides is 2. The number of fused-ring (bicyclic) bond motifs is 1. The van der Waals surface area contributed by atoms with Crippen LogP contribution in [-0.2, 0) is 11.2 Å². The van der Waals surface area contributed by atoms with Gasteiger partial charge in [-0.2, -0.15) is 8.78 Å². The lowest BCUT2D eigenvalue weighted by molar-refractivity contribution is -0.116. The lowest BCUT2D eigenvalue weighted by Crippen LogP contribution is -2.04. The average Bonchev–Trinajstić information content (AvgIpc) is 2.74. The van der Waals surface area contributed by atoms with E-state index in [4.69, 9.17) is 0 Å². The van der Waals surface area contributed by atoms with Crippen molar-refractivity contribution < 1.29 is 18.3 Å². The highest BCUT2D eigenvalue weighted by atomic mass is 19.3. The maximum absolute atomic E-state index is 12.6. The van der Waals surface area contributed by atoms with Crippen LogP contribution in [0.4, 0.5) is 20.3 Å². The molecule has 0 amide bonds. The number of carbonyl (C=O) groups excluding carboxylic acids is 1. The van der Waals surface area contributed by atoms with Crippen LogP contribution in [0.1, 0.15) is 12.5 Å². The first-order chi connectivity index (χ1) is 15.0. The molecule has 4 aromatic rings. The molecule has 0 bridgehead atoms. The van der Waals surface area contributed by atoms with Gasteiger partial charge in [0.2, 0.25) is 0 Å². The lowest BCUT2D eigenvalue weighted by atomic mass is 10.1. The number of ether oxygens (including phenoxy) is 1. The zero-order valence-electron chi connectivity index (χ0n) is 16.4. The fourth-order valence-electron chi connectivity index (χ4n) is 3.08. The van der Waals surface area contributed by atoms with Crippen LogP contribution in [0.2, 0.25) is 0 Å². The normalized spacial score (nSPS) is 11.0. The Hall–Kier alpha value is -4.01. The van der Waals surface area contributed by atoms with E-state index in [2.05, 4.69) is 30.0 Å². The summed E-state index contributed by atoms with van der Waals surface area (Å²) < 4.78 is 29.6. The van der Waals surface area contributed by atoms with Crippen LogP contribution in [0.3, 0.4) is 0 Å². The summed E-state index contributed by atoms with van der Waals surface area (Å²) in [6.45, 7) is -1.40. The molecule has 2 heterocycles. The number of halogens is 2. The summed E-state index contributed by atoms with van der Waals surface area (Å²) in [6.07, 6.45) is 4.91. The number of ketones is 1. The van der Waals surface area contributed by atoms with Crippen molar-refractivity contribution in [1.29, 1.82) is 0 Å². The third-order valence-electron chi connectivity index (χ3n) is 4.33. The summed E-state index contributed by atoms with van der Waals surface area (Å²) >= 11 is 0. The number of Topliss-reactive ketones (excluding diaryl/α,β-unsaturated/α-hetero) is 1. The van der Waals surface area contributed by atoms with Crippen molar-refractivity contribution in [2.45, 2.75) is 20.0 Å². The first-order valence-electron chi connectivity index (χ1n) is 9.36. The number of hydrogen-bond donors (Lipinski definition) is 1. The van der Waals surface area contributed by atoms with Gasteiger partial charge < -0.3 is 10.1 Å². The third kappa shape index (κ3) is 4.95. The Morgan fingerprint density at radius 3 is 2.74 bits per heavy atom. The van der Waals surface area contributed by atoms with Crippen molar-refractivity contribution in [3.05, 3.63) is 66.6 Å². The molecular formula is C22H17F2N5O2. The summed E-state index contributed by atoms with van der Waals surface area (Å²) in [6, 6.07) is 11.6. The molecule has 0 atom stereocenters. The van der Waals surface area contributed by atoms with E-state index in [0.29, 0.717) is 33.9 Å². The van der Waals surface area contributed by atoms with E-state index < -0.39 is 6.61 Å². The highest BCUT2D eigenvalue weighted by molar-refractivity contribution is 5.93. The predicted molar refractivity (Wildman–Crippen MR) is 111 cm³/mol. The highest BCUT2D eigenvalue weighted by Crippen LogP contribution is 2.29. The number of rotatable bonds is 7. The number of benzene rings is 2. The first kappa shape index (κ1) is 20.3. The Bertz CT molecular complexity index is 1240. The zero-order valence-corrected chi connectivity index (χ0v) is 16.4. The van der Waals surface area contributed by atoms with Gasteiger partial charge >= 0.3 is 6.61 Å². The van der Waals surface area contributed by atoms with Gasteiger partial charge in [0.05, 0.1) is 11.7 Å². The Morgan fingerprint density at radius 1 is 1.13 bits per heavy atom. The average molecular weight is 421 g/mol. The summed E-state index contributed by atoms with van der Waals surface area (Å²) in [5.41, 5.74) is 2.43. The minimum Gasteiger partial charge on any atom is -0.435 e. The van der Waals surface area contributed by atoms with Crippen LogP contribution in [0.5, 0.6) is 5.75 Å². The molecule has 9 heteroatoms. The number of nitrogens with one attached hydrogen (secondary N) is 1. The van der Waals surface area contributed by atoms with Gasteiger partial charge in [0.15, 0.2) is 5.82 Å². The molecule has 0 unspecified atom stereocenters. The standard InChI is InChI=1S/C22H17F2N5O2/c1-13(30)9-14-5-6-18-17(10-14)20(29-21(28-18)19-12-25-7-8-26-19)27-15-3-2-4-16(11-15)31-22(23)24/h2-8,10-12,22H,9H2,1H3,(H,27,28,29). The smallest absolute Gasteiger partial charge is 0.387 e. The second-order valence-corrected chi connectivity index (χ2v) is 6.75. The largest absolute Gasteiger partial charge is 0.435 e. The van der Waals surface area contributed by atoms with Crippen molar-refractivity contribution in [1.82, 2.24) is 19.9 Å². The van der Waals surface area contributed by atoms with Gasteiger partial charge in [-0.15, -0.1) is 0 Å². The van der Waals surface area contributed by atoms with Gasteiger partial charge in [0.1, 0.15) is 23.0 Å². The quantitative estimate of drug-likeness (QED) is 0.468. The molecule has 7 nitrogen and oxygen atoms in total. The molecule has 0 aliphatic carbocycles. The molecule has 31 heavy (non-hydrogen) atoms. The molecule has 0 fully saturated rings. The monoisotopic (exact) mass is 421 g/mol. The number of carbonyl (C=O) groups is 1. The predicted octanol–water partition coefficient (Wildman–Crippen LogP) is 4.56. The molecule has 0 saturated heterocycles. The fourth-order valence-corrected chi connectivity index (χ4v) is 3.08. The number of nitrogens with zero attached hydrogens (tertiary/aromatic N) is 4. The summed E-state index contributed by atoms with van der Waals surface area (Å²) in [4.78, 5) is 29.0. The van der Waals surface area contributed by atoms with E-state index in [1.807, 2.05) is 12.1 Å². The van der Waals surface area contributed by atoms with Crippen LogP contribution in [-0.4, -0.2) is 32.3 Å². The first-order valence-corrected chi connectivity index (χ1v) is 9.36. The summed E-state index contributed by atoms with van der Waals surface area (Å²) in [5, 5.41) is 3.81. The van der Waals surface area contributed by atoms with E-state index >= 15 is 0 Å². The molecule has 0 spiro atoms. The zero-order chi connectivity index (χ0) is 21.8. The van der Waals surface area contributed by atoms with Crippen molar-refractivity contribution in [3.63, 3.8) is 0 Å². The van der Waals surface area contributed by atoms with E-state index in [1.54, 1.807) is 30.6 Å². The van der Waals surface area contributed by atoms with Crippen molar-refractivity contribution >= 4 is 28.2 Å². The maximum atomic E-state index is 12.6. The molecule has 0 radical (unpaired) electrons.